The van der Waals surface area contributed by atoms with E-state index >= 15 is 0 Å². The van der Waals surface area contributed by atoms with Crippen LogP contribution in [0.1, 0.15) is 0 Å². The van der Waals surface area contributed by atoms with Crippen LogP contribution in [0.5, 0.6) is 0 Å². The van der Waals surface area contributed by atoms with Crippen LogP contribution in [0.2, 0.25) is 0 Å². The molecule has 0 atom stereocenters. The molecule has 0 fully saturated rings. The van der Waals surface area contributed by atoms with Crippen LogP contribution < -0.4 is 0 Å². The van der Waals surface area contributed by atoms with Gasteiger partial charge in [0.2, 0.25) is 0 Å². The van der Waals surface area contributed by atoms with E-state index in [0.717, 1.165) is 11.6 Å². The van der Waals surface area contributed by atoms with Gasteiger partial charge in [0.25, 0.3) is 0 Å². The van der Waals surface area contributed by atoms with Crippen LogP contribution in [0.15, 0.2) is 22.7 Å². The van der Waals surface area contributed by atoms with Gasteiger partial charge in [-0.25, -0.2) is 0 Å². The van der Waals surface area contributed by atoms with Crippen molar-refractivity contribution in [1.29, 1.82) is 0 Å². The standard InChI is InChI=1S/C6H7NS2/c1-2-8-3-6-4-9-5-7(1)6/h1-2,4H,3,5H2. The van der Waals surface area contributed by atoms with Crippen molar-refractivity contribution in [2.24, 2.45) is 0 Å². The van der Waals surface area contributed by atoms with Gasteiger partial charge in [0, 0.05) is 17.6 Å². The van der Waals surface area contributed by atoms with Crippen LogP contribution in [0.4, 0.5) is 0 Å². The molecule has 2 heterocycles. The highest BCUT2D eigenvalue weighted by Gasteiger charge is 2.14. The molecule has 0 radical (unpaired) electrons. The molecule has 0 aromatic carbocycles. The maximum absolute atomic E-state index is 2.29. The minimum Gasteiger partial charge on any atom is -0.340 e. The van der Waals surface area contributed by atoms with Gasteiger partial charge in [-0.2, -0.15) is 0 Å². The zero-order chi connectivity index (χ0) is 6.10. The molecule has 0 unspecified atom stereocenters. The second-order valence-electron chi connectivity index (χ2n) is 1.97. The summed E-state index contributed by atoms with van der Waals surface area (Å²) < 4.78 is 0. The Kier molecular flexibility index (Phi) is 1.47. The molecule has 0 saturated heterocycles. The summed E-state index contributed by atoms with van der Waals surface area (Å²) in [6, 6.07) is 0. The molecule has 9 heavy (non-hydrogen) atoms. The second kappa shape index (κ2) is 2.31. The third-order valence-corrected chi connectivity index (χ3v) is 3.01. The van der Waals surface area contributed by atoms with Crippen molar-refractivity contribution in [2.75, 3.05) is 11.6 Å². The Labute approximate surface area is 63.2 Å². The smallest absolute Gasteiger partial charge is 0.0721 e. The molecule has 0 amide bonds. The molecule has 0 aliphatic carbocycles. The second-order valence-corrected chi connectivity index (χ2v) is 3.69. The van der Waals surface area contributed by atoms with E-state index in [1.54, 1.807) is 0 Å². The monoisotopic (exact) mass is 157 g/mol. The molecule has 0 spiro atoms. The van der Waals surface area contributed by atoms with Gasteiger partial charge in [0.05, 0.1) is 5.88 Å². The Balaban J connectivity index is 2.23. The number of hydrogen-bond acceptors (Lipinski definition) is 3. The predicted octanol–water partition coefficient (Wildman–Crippen LogP) is 2.05. The fraction of sp³-hybridized carbons (Fsp3) is 0.333. The highest BCUT2D eigenvalue weighted by Crippen LogP contribution is 2.29. The molecule has 2 rings (SSSR count). The Morgan fingerprint density at radius 2 is 2.44 bits per heavy atom. The van der Waals surface area contributed by atoms with Crippen molar-refractivity contribution in [3.8, 4) is 0 Å². The van der Waals surface area contributed by atoms with Crippen molar-refractivity contribution in [3.63, 3.8) is 0 Å². The lowest BCUT2D eigenvalue weighted by molar-refractivity contribution is 0.562. The molecule has 0 N–H and O–H groups in total. The van der Waals surface area contributed by atoms with E-state index in [1.165, 1.54) is 5.70 Å². The number of nitrogens with zero attached hydrogens (tertiary/aromatic N) is 1. The van der Waals surface area contributed by atoms with Gasteiger partial charge < -0.3 is 4.90 Å². The lowest BCUT2D eigenvalue weighted by atomic mass is 10.5. The van der Waals surface area contributed by atoms with Crippen molar-refractivity contribution in [3.05, 3.63) is 22.7 Å². The molecule has 2 aliphatic heterocycles. The number of hydrogen-bond donors (Lipinski definition) is 0. The molecule has 2 aliphatic rings. The first-order chi connectivity index (χ1) is 4.47. The van der Waals surface area contributed by atoms with E-state index in [0.29, 0.717) is 0 Å². The first-order valence-electron chi connectivity index (χ1n) is 2.82. The van der Waals surface area contributed by atoms with Crippen molar-refractivity contribution < 1.29 is 0 Å². The van der Waals surface area contributed by atoms with Crippen LogP contribution in [0, 0.1) is 0 Å². The first-order valence-corrected chi connectivity index (χ1v) is 4.92. The van der Waals surface area contributed by atoms with Crippen LogP contribution in [-0.4, -0.2) is 16.5 Å². The lowest BCUT2D eigenvalue weighted by Crippen LogP contribution is -2.14. The van der Waals surface area contributed by atoms with Crippen molar-refractivity contribution in [2.45, 2.75) is 0 Å². The summed E-state index contributed by atoms with van der Waals surface area (Å²) in [5, 5.41) is 4.40. The van der Waals surface area contributed by atoms with E-state index < -0.39 is 0 Å². The molecule has 48 valence electrons. The van der Waals surface area contributed by atoms with Crippen molar-refractivity contribution >= 4 is 23.5 Å². The van der Waals surface area contributed by atoms with Crippen LogP contribution in [-0.2, 0) is 0 Å². The fourth-order valence-corrected chi connectivity index (χ4v) is 2.62. The van der Waals surface area contributed by atoms with Crippen molar-refractivity contribution in [1.82, 2.24) is 4.90 Å². The van der Waals surface area contributed by atoms with E-state index in [4.69, 9.17) is 0 Å². The Bertz CT molecular complexity index is 174. The Morgan fingerprint density at radius 3 is 3.33 bits per heavy atom. The third kappa shape index (κ3) is 0.990. The van der Waals surface area contributed by atoms with Gasteiger partial charge in [0.15, 0.2) is 0 Å². The highest BCUT2D eigenvalue weighted by atomic mass is 32.2. The molecular formula is C6H7NS2. The molecule has 0 bridgehead atoms. The Morgan fingerprint density at radius 1 is 1.44 bits per heavy atom. The molecule has 0 aromatic heterocycles. The zero-order valence-corrected chi connectivity index (χ0v) is 6.54. The number of rotatable bonds is 0. The zero-order valence-electron chi connectivity index (χ0n) is 4.91. The van der Waals surface area contributed by atoms with Crippen LogP contribution in [0.25, 0.3) is 0 Å². The molecular weight excluding hydrogens is 150 g/mol. The number of thioether (sulfide) groups is 2. The Hall–Kier alpha value is -0.0200. The highest BCUT2D eigenvalue weighted by molar-refractivity contribution is 8.03. The average Bonchev–Trinajstić information content (AvgIpc) is 2.33. The van der Waals surface area contributed by atoms with Crippen LogP contribution in [0.3, 0.4) is 0 Å². The minimum absolute atomic E-state index is 1.12. The number of fused-ring (bicyclic) bond motifs is 1. The van der Waals surface area contributed by atoms with Gasteiger partial charge in [-0.05, 0) is 10.8 Å². The third-order valence-electron chi connectivity index (χ3n) is 1.37. The summed E-state index contributed by atoms with van der Waals surface area (Å²) in [6.45, 7) is 0. The molecule has 0 aromatic rings. The topological polar surface area (TPSA) is 3.24 Å². The molecule has 0 saturated carbocycles. The van der Waals surface area contributed by atoms with E-state index in [9.17, 15) is 0 Å². The van der Waals surface area contributed by atoms with E-state index in [2.05, 4.69) is 21.9 Å². The maximum atomic E-state index is 2.29. The van der Waals surface area contributed by atoms with E-state index in [-0.39, 0.29) is 0 Å². The normalized spacial score (nSPS) is 24.0. The first kappa shape index (κ1) is 5.74. The largest absolute Gasteiger partial charge is 0.340 e. The molecule has 3 heteroatoms. The van der Waals surface area contributed by atoms with Gasteiger partial charge >= 0.3 is 0 Å². The SMILES string of the molecule is C1=CN2CSC=C2CS1. The van der Waals surface area contributed by atoms with E-state index in [1.807, 2.05) is 23.5 Å². The van der Waals surface area contributed by atoms with Gasteiger partial charge in [0.1, 0.15) is 0 Å². The predicted molar refractivity (Wildman–Crippen MR) is 44.0 cm³/mol. The summed E-state index contributed by atoms with van der Waals surface area (Å²) >= 11 is 3.75. The minimum atomic E-state index is 1.12. The lowest BCUT2D eigenvalue weighted by Gasteiger charge is -2.19. The molecule has 1 nitrogen and oxygen atoms in total. The van der Waals surface area contributed by atoms with Crippen LogP contribution >= 0.6 is 23.5 Å². The fourth-order valence-electron chi connectivity index (χ4n) is 0.870. The summed E-state index contributed by atoms with van der Waals surface area (Å²) in [5.41, 5.74) is 1.47. The van der Waals surface area contributed by atoms with Gasteiger partial charge in [-0.15, -0.1) is 23.5 Å². The summed E-state index contributed by atoms with van der Waals surface area (Å²) in [6.07, 6.45) is 2.15. The van der Waals surface area contributed by atoms with Gasteiger partial charge in [-0.3, -0.25) is 0 Å². The average molecular weight is 157 g/mol. The summed E-state index contributed by atoms with van der Waals surface area (Å²) in [4.78, 5) is 2.29. The quantitative estimate of drug-likeness (QED) is 0.530. The van der Waals surface area contributed by atoms with Gasteiger partial charge in [-0.1, -0.05) is 0 Å². The maximum Gasteiger partial charge on any atom is 0.0721 e. The summed E-state index contributed by atoms with van der Waals surface area (Å²) in [7, 11) is 0. The summed E-state index contributed by atoms with van der Waals surface area (Å²) in [5.74, 6) is 2.27.